The van der Waals surface area contributed by atoms with Crippen molar-refractivity contribution in [2.75, 3.05) is 13.2 Å². The van der Waals surface area contributed by atoms with Crippen molar-refractivity contribution in [3.05, 3.63) is 52.0 Å². The lowest BCUT2D eigenvalue weighted by atomic mass is 10.1. The molecule has 2 aromatic rings. The molecule has 3 N–H and O–H groups in total. The third-order valence-corrected chi connectivity index (χ3v) is 4.52. The Bertz CT molecular complexity index is 736. The molecule has 0 saturated carbocycles. The Hall–Kier alpha value is -2.49. The summed E-state index contributed by atoms with van der Waals surface area (Å²) in [7, 11) is 0. The van der Waals surface area contributed by atoms with E-state index in [1.54, 1.807) is 6.92 Å². The Morgan fingerprint density at radius 2 is 1.96 bits per heavy atom. The number of nitrogens with one attached hydrogen (secondary N) is 1. The van der Waals surface area contributed by atoms with Crippen molar-refractivity contribution >= 4 is 23.4 Å². The van der Waals surface area contributed by atoms with Crippen molar-refractivity contribution in [1.82, 2.24) is 10.3 Å². The highest BCUT2D eigenvalue weighted by molar-refractivity contribution is 7.10. The number of aliphatic hydroxyl groups excluding tert-OH is 2. The molecule has 0 saturated heterocycles. The molecule has 1 aromatic carbocycles. The topological polar surface area (TPSA) is 118 Å². The number of amides is 1. The maximum Gasteiger partial charge on any atom is 0.407 e. The Morgan fingerprint density at radius 1 is 1.22 bits per heavy atom. The quantitative estimate of drug-likeness (QED) is 0.557. The van der Waals surface area contributed by atoms with Crippen LogP contribution in [0.1, 0.15) is 40.4 Å². The lowest BCUT2D eigenvalue weighted by molar-refractivity contribution is 0.0142. The number of aliphatic hydroxyl groups is 2. The highest BCUT2D eigenvalue weighted by Gasteiger charge is 2.27. The third-order valence-electron chi connectivity index (χ3n) is 3.62. The summed E-state index contributed by atoms with van der Waals surface area (Å²) in [6.07, 6.45) is -3.04. The van der Waals surface area contributed by atoms with Crippen molar-refractivity contribution in [3.8, 4) is 0 Å². The predicted molar refractivity (Wildman–Crippen MR) is 98.3 cm³/mol. The van der Waals surface area contributed by atoms with Gasteiger partial charge in [0.05, 0.1) is 23.1 Å². The van der Waals surface area contributed by atoms with Gasteiger partial charge < -0.3 is 25.0 Å². The second-order valence-electron chi connectivity index (χ2n) is 5.58. The van der Waals surface area contributed by atoms with E-state index in [4.69, 9.17) is 9.47 Å². The second-order valence-corrected chi connectivity index (χ2v) is 6.46. The molecule has 0 aliphatic carbocycles. The van der Waals surface area contributed by atoms with Gasteiger partial charge in [0.2, 0.25) is 0 Å². The number of hydrogen-bond donors (Lipinski definition) is 3. The highest BCUT2D eigenvalue weighted by Crippen LogP contribution is 2.26. The summed E-state index contributed by atoms with van der Waals surface area (Å²) in [5.41, 5.74) is 2.25. The van der Waals surface area contributed by atoms with Gasteiger partial charge in [0, 0.05) is 6.54 Å². The largest absolute Gasteiger partial charge is 0.461 e. The fraction of sp³-hybridized carbons (Fsp3) is 0.389. The summed E-state index contributed by atoms with van der Waals surface area (Å²) in [5, 5.41) is 22.9. The normalized spacial score (nSPS) is 12.9. The Balaban J connectivity index is 1.76. The van der Waals surface area contributed by atoms with Gasteiger partial charge >= 0.3 is 12.1 Å². The van der Waals surface area contributed by atoms with Gasteiger partial charge in [0.25, 0.3) is 0 Å². The molecule has 0 bridgehead atoms. The number of alkyl carbamates (subject to hydrolysis) is 1. The molecule has 27 heavy (non-hydrogen) atoms. The molecule has 0 aliphatic heterocycles. The number of carbonyl (C=O) groups excluding carboxylic acids is 2. The molecule has 1 aromatic heterocycles. The summed E-state index contributed by atoms with van der Waals surface area (Å²) in [6.45, 7) is 2.09. The standard InChI is InChI=1S/C18H22N2O6S/c1-2-25-17(23)14-16(27-11-20-14)15(22)13(21)8-9-19-18(24)26-10-12-6-4-3-5-7-12/h3-7,11,13,15,21-22H,2,8-10H2,1H3,(H,19,24). The number of hydrogen-bond acceptors (Lipinski definition) is 8. The van der Waals surface area contributed by atoms with E-state index in [1.165, 1.54) is 5.51 Å². The van der Waals surface area contributed by atoms with Crippen LogP contribution in [-0.4, -0.2) is 46.5 Å². The van der Waals surface area contributed by atoms with Crippen LogP contribution in [0.25, 0.3) is 0 Å². The van der Waals surface area contributed by atoms with Crippen LogP contribution in [0.15, 0.2) is 35.8 Å². The summed E-state index contributed by atoms with van der Waals surface area (Å²) >= 11 is 1.05. The summed E-state index contributed by atoms with van der Waals surface area (Å²) in [4.78, 5) is 27.6. The monoisotopic (exact) mass is 394 g/mol. The van der Waals surface area contributed by atoms with Crippen LogP contribution in [0.5, 0.6) is 0 Å². The molecule has 0 fully saturated rings. The molecule has 9 heteroatoms. The third kappa shape index (κ3) is 6.31. The summed E-state index contributed by atoms with van der Waals surface area (Å²) < 4.78 is 9.93. The predicted octanol–water partition coefficient (Wildman–Crippen LogP) is 2.03. The first-order valence-electron chi connectivity index (χ1n) is 8.44. The molecular weight excluding hydrogens is 372 g/mol. The van der Waals surface area contributed by atoms with Crippen LogP contribution >= 0.6 is 11.3 Å². The van der Waals surface area contributed by atoms with Gasteiger partial charge in [0.1, 0.15) is 12.7 Å². The van der Waals surface area contributed by atoms with Gasteiger partial charge in [-0.25, -0.2) is 14.6 Å². The zero-order chi connectivity index (χ0) is 19.6. The molecule has 1 amide bonds. The van der Waals surface area contributed by atoms with Crippen LogP contribution in [0, 0.1) is 0 Å². The molecule has 2 atom stereocenters. The molecule has 146 valence electrons. The molecule has 1 heterocycles. The van der Waals surface area contributed by atoms with Crippen LogP contribution in [0.4, 0.5) is 4.79 Å². The Labute approximate surface area is 160 Å². The van der Waals surface area contributed by atoms with E-state index in [0.717, 1.165) is 16.9 Å². The van der Waals surface area contributed by atoms with Crippen LogP contribution in [-0.2, 0) is 16.1 Å². The number of thiazole rings is 1. The Kier molecular flexibility index (Phi) is 8.18. The summed E-state index contributed by atoms with van der Waals surface area (Å²) in [5.74, 6) is -0.650. The molecule has 0 aliphatic rings. The maximum absolute atomic E-state index is 11.8. The van der Waals surface area contributed by atoms with E-state index in [2.05, 4.69) is 10.3 Å². The zero-order valence-electron chi connectivity index (χ0n) is 14.8. The molecule has 0 radical (unpaired) electrons. The average molecular weight is 394 g/mol. The van der Waals surface area contributed by atoms with Crippen molar-refractivity contribution in [2.45, 2.75) is 32.2 Å². The number of aromatic nitrogens is 1. The molecule has 2 unspecified atom stereocenters. The van der Waals surface area contributed by atoms with Gasteiger partial charge in [-0.05, 0) is 18.9 Å². The number of nitrogens with zero attached hydrogens (tertiary/aromatic N) is 1. The van der Waals surface area contributed by atoms with Crippen LogP contribution in [0.3, 0.4) is 0 Å². The number of ether oxygens (including phenoxy) is 2. The number of carbonyl (C=O) groups is 2. The van der Waals surface area contributed by atoms with Crippen molar-refractivity contribution in [1.29, 1.82) is 0 Å². The van der Waals surface area contributed by atoms with Gasteiger partial charge in [-0.15, -0.1) is 11.3 Å². The maximum atomic E-state index is 11.8. The second kappa shape index (κ2) is 10.6. The molecule has 0 spiro atoms. The van der Waals surface area contributed by atoms with Gasteiger partial charge in [-0.3, -0.25) is 0 Å². The minimum Gasteiger partial charge on any atom is -0.461 e. The smallest absolute Gasteiger partial charge is 0.407 e. The minimum absolute atomic E-state index is 0.0105. The first-order valence-corrected chi connectivity index (χ1v) is 9.32. The first-order chi connectivity index (χ1) is 13.0. The SMILES string of the molecule is CCOC(=O)c1ncsc1C(O)C(O)CCNC(=O)OCc1ccccc1. The van der Waals surface area contributed by atoms with Crippen molar-refractivity contribution < 1.29 is 29.3 Å². The average Bonchev–Trinajstić information content (AvgIpc) is 3.16. The highest BCUT2D eigenvalue weighted by atomic mass is 32.1. The van der Waals surface area contributed by atoms with E-state index >= 15 is 0 Å². The fourth-order valence-electron chi connectivity index (χ4n) is 2.25. The number of benzene rings is 1. The van der Waals surface area contributed by atoms with E-state index < -0.39 is 24.3 Å². The van der Waals surface area contributed by atoms with E-state index in [-0.39, 0.29) is 36.8 Å². The molecule has 8 nitrogen and oxygen atoms in total. The van der Waals surface area contributed by atoms with E-state index in [1.807, 2.05) is 30.3 Å². The number of rotatable bonds is 9. The van der Waals surface area contributed by atoms with Crippen LogP contribution < -0.4 is 5.32 Å². The lowest BCUT2D eigenvalue weighted by Gasteiger charge is -2.17. The number of esters is 1. The summed E-state index contributed by atoms with van der Waals surface area (Å²) in [6, 6.07) is 9.23. The van der Waals surface area contributed by atoms with Gasteiger partial charge in [0.15, 0.2) is 5.69 Å². The Morgan fingerprint density at radius 3 is 2.67 bits per heavy atom. The fourth-order valence-corrected chi connectivity index (χ4v) is 3.06. The van der Waals surface area contributed by atoms with Gasteiger partial charge in [-0.2, -0.15) is 0 Å². The minimum atomic E-state index is -1.31. The van der Waals surface area contributed by atoms with E-state index in [9.17, 15) is 19.8 Å². The zero-order valence-corrected chi connectivity index (χ0v) is 15.6. The molecule has 2 rings (SSSR count). The van der Waals surface area contributed by atoms with Crippen LogP contribution in [0.2, 0.25) is 0 Å². The van der Waals surface area contributed by atoms with Gasteiger partial charge in [-0.1, -0.05) is 30.3 Å². The first kappa shape index (κ1) is 20.8. The van der Waals surface area contributed by atoms with E-state index in [0.29, 0.717) is 0 Å². The van der Waals surface area contributed by atoms with Crippen molar-refractivity contribution in [3.63, 3.8) is 0 Å². The molecular formula is C18H22N2O6S. The lowest BCUT2D eigenvalue weighted by Crippen LogP contribution is -2.30. The van der Waals surface area contributed by atoms with Crippen molar-refractivity contribution in [2.24, 2.45) is 0 Å².